The Balaban J connectivity index is 2.13. The van der Waals surface area contributed by atoms with Crippen LogP contribution in [0, 0.1) is 5.41 Å². The molecule has 1 saturated heterocycles. The molecule has 0 bridgehead atoms. The molecule has 9 nitrogen and oxygen atoms in total. The van der Waals surface area contributed by atoms with Crippen LogP contribution in [0.5, 0.6) is 0 Å². The van der Waals surface area contributed by atoms with Crippen LogP contribution in [-0.4, -0.2) is 96.5 Å². The lowest BCUT2D eigenvalue weighted by atomic mass is 9.57. The van der Waals surface area contributed by atoms with Gasteiger partial charge in [0.25, 0.3) is 0 Å². The van der Waals surface area contributed by atoms with Crippen LogP contribution in [0.25, 0.3) is 0 Å². The molecule has 1 heterocycles. The summed E-state index contributed by atoms with van der Waals surface area (Å²) in [6, 6.07) is 0. The van der Waals surface area contributed by atoms with E-state index in [0.29, 0.717) is 6.42 Å². The summed E-state index contributed by atoms with van der Waals surface area (Å²) >= 11 is 0. The normalized spacial score (nSPS) is 48.0. The molecule has 0 amide bonds. The molecule has 9 atom stereocenters. The van der Waals surface area contributed by atoms with Gasteiger partial charge in [-0.15, -0.1) is 0 Å². The maximum atomic E-state index is 11.2. The Labute approximate surface area is 164 Å². The zero-order chi connectivity index (χ0) is 21.5. The first-order valence-electron chi connectivity index (χ1n) is 9.54. The summed E-state index contributed by atoms with van der Waals surface area (Å²) in [6.07, 6.45) is -5.14. The van der Waals surface area contributed by atoms with E-state index in [-0.39, 0.29) is 6.42 Å². The van der Waals surface area contributed by atoms with Gasteiger partial charge in [-0.05, 0) is 20.3 Å². The Morgan fingerprint density at radius 2 is 1.64 bits per heavy atom. The summed E-state index contributed by atoms with van der Waals surface area (Å²) < 4.78 is 10.9. The minimum absolute atomic E-state index is 0.0131. The minimum atomic E-state index is -1.65. The van der Waals surface area contributed by atoms with E-state index in [1.807, 2.05) is 0 Å². The lowest BCUT2D eigenvalue weighted by Gasteiger charge is -2.55. The number of hydrogen-bond donors (Lipinski definition) is 7. The standard InChI is InChI=1S/C19H34O9/c1-10(27-16-15(24)14(23)13(22)12(9-20)28-16)5-6-19(26)17(2,3)7-11(21)8-18(19,4)25/h5-6,10-16,20-26H,7-9H2,1-4H3/b6-5+/t10-,11+,12+,13-,14-,15-,16+,18-,19-/m1/s1. The molecule has 2 aliphatic rings. The van der Waals surface area contributed by atoms with Gasteiger partial charge >= 0.3 is 0 Å². The molecule has 2 fully saturated rings. The monoisotopic (exact) mass is 406 g/mol. The van der Waals surface area contributed by atoms with Gasteiger partial charge in [0, 0.05) is 11.8 Å². The van der Waals surface area contributed by atoms with Gasteiger partial charge in [-0.1, -0.05) is 26.0 Å². The van der Waals surface area contributed by atoms with Crippen LogP contribution in [-0.2, 0) is 9.47 Å². The van der Waals surface area contributed by atoms with Crippen LogP contribution in [0.1, 0.15) is 40.5 Å². The average molecular weight is 406 g/mol. The second kappa shape index (κ2) is 8.25. The van der Waals surface area contributed by atoms with E-state index in [2.05, 4.69) is 0 Å². The Morgan fingerprint density at radius 3 is 2.18 bits per heavy atom. The first kappa shape index (κ1) is 23.7. The van der Waals surface area contributed by atoms with Crippen molar-refractivity contribution in [2.24, 2.45) is 5.41 Å². The Morgan fingerprint density at radius 1 is 1.04 bits per heavy atom. The molecule has 0 radical (unpaired) electrons. The molecule has 0 aromatic heterocycles. The summed E-state index contributed by atoms with van der Waals surface area (Å²) in [5.74, 6) is 0. The fourth-order valence-electron chi connectivity index (χ4n) is 4.28. The highest BCUT2D eigenvalue weighted by molar-refractivity contribution is 5.21. The second-order valence-electron chi connectivity index (χ2n) is 8.88. The van der Waals surface area contributed by atoms with Crippen LogP contribution in [0.3, 0.4) is 0 Å². The molecular weight excluding hydrogens is 372 g/mol. The highest BCUT2D eigenvalue weighted by atomic mass is 16.7. The fraction of sp³-hybridized carbons (Fsp3) is 0.895. The lowest BCUT2D eigenvalue weighted by Crippen LogP contribution is -2.65. The van der Waals surface area contributed by atoms with E-state index in [1.54, 1.807) is 20.8 Å². The van der Waals surface area contributed by atoms with E-state index in [4.69, 9.17) is 9.47 Å². The number of hydrogen-bond acceptors (Lipinski definition) is 9. The first-order chi connectivity index (χ1) is 12.8. The minimum Gasteiger partial charge on any atom is -0.394 e. The summed E-state index contributed by atoms with van der Waals surface area (Å²) in [5, 5.41) is 70.9. The SMILES string of the molecule is C[C@H](/C=C/[C@@]1(O)C(C)(C)C[C@H](O)C[C@@]1(C)O)O[C@H]1O[C@@H](CO)[C@@H](O)[C@@H](O)[C@H]1O. The van der Waals surface area contributed by atoms with Crippen LogP contribution in [0.4, 0.5) is 0 Å². The van der Waals surface area contributed by atoms with Gasteiger partial charge in [-0.3, -0.25) is 0 Å². The van der Waals surface area contributed by atoms with Crippen LogP contribution in [0.15, 0.2) is 12.2 Å². The van der Waals surface area contributed by atoms with Gasteiger partial charge < -0.3 is 45.2 Å². The zero-order valence-electron chi connectivity index (χ0n) is 16.8. The topological polar surface area (TPSA) is 160 Å². The molecule has 0 aromatic rings. The summed E-state index contributed by atoms with van der Waals surface area (Å²) in [7, 11) is 0. The van der Waals surface area contributed by atoms with Gasteiger partial charge in [0.05, 0.1) is 24.4 Å². The van der Waals surface area contributed by atoms with Crippen LogP contribution >= 0.6 is 0 Å². The molecule has 0 aromatic carbocycles. The van der Waals surface area contributed by atoms with Crippen molar-refractivity contribution in [2.75, 3.05) is 6.61 Å². The molecule has 164 valence electrons. The summed E-state index contributed by atoms with van der Waals surface area (Å²) in [6.45, 7) is 6.01. The molecule has 0 spiro atoms. The van der Waals surface area contributed by atoms with Crippen LogP contribution in [0.2, 0.25) is 0 Å². The van der Waals surface area contributed by atoms with Crippen molar-refractivity contribution in [1.82, 2.24) is 0 Å². The first-order valence-corrected chi connectivity index (χ1v) is 9.54. The molecule has 1 aliphatic heterocycles. The highest BCUT2D eigenvalue weighted by Gasteiger charge is 2.58. The molecule has 1 aliphatic carbocycles. The Bertz CT molecular complexity index is 542. The number of ether oxygens (including phenoxy) is 2. The molecular formula is C19H34O9. The molecule has 0 unspecified atom stereocenters. The number of rotatable bonds is 5. The van der Waals surface area contributed by atoms with Crippen molar-refractivity contribution < 1.29 is 45.2 Å². The van der Waals surface area contributed by atoms with Gasteiger partial charge in [0.15, 0.2) is 6.29 Å². The average Bonchev–Trinajstić information content (AvgIpc) is 2.57. The zero-order valence-corrected chi connectivity index (χ0v) is 16.8. The Hall–Kier alpha value is -0.620. The van der Waals surface area contributed by atoms with Gasteiger partial charge in [-0.2, -0.15) is 0 Å². The predicted octanol–water partition coefficient (Wildman–Crippen LogP) is -1.59. The maximum absolute atomic E-state index is 11.2. The summed E-state index contributed by atoms with van der Waals surface area (Å²) in [5.41, 5.74) is -4.05. The molecule has 9 heteroatoms. The van der Waals surface area contributed by atoms with Crippen molar-refractivity contribution in [2.45, 2.75) is 94.7 Å². The van der Waals surface area contributed by atoms with Crippen molar-refractivity contribution in [1.29, 1.82) is 0 Å². The fourth-order valence-corrected chi connectivity index (χ4v) is 4.28. The van der Waals surface area contributed by atoms with Crippen molar-refractivity contribution in [3.05, 3.63) is 12.2 Å². The maximum Gasteiger partial charge on any atom is 0.187 e. The molecule has 1 saturated carbocycles. The third-order valence-electron chi connectivity index (χ3n) is 6.04. The van der Waals surface area contributed by atoms with Gasteiger partial charge in [0.2, 0.25) is 0 Å². The quantitative estimate of drug-likeness (QED) is 0.267. The molecule has 7 N–H and O–H groups in total. The third kappa shape index (κ3) is 4.28. The lowest BCUT2D eigenvalue weighted by molar-refractivity contribution is -0.306. The van der Waals surface area contributed by atoms with E-state index in [1.165, 1.54) is 19.1 Å². The highest BCUT2D eigenvalue weighted by Crippen LogP contribution is 2.50. The van der Waals surface area contributed by atoms with E-state index < -0.39 is 66.1 Å². The van der Waals surface area contributed by atoms with Crippen molar-refractivity contribution in [3.63, 3.8) is 0 Å². The van der Waals surface area contributed by atoms with E-state index >= 15 is 0 Å². The van der Waals surface area contributed by atoms with Gasteiger partial charge in [-0.25, -0.2) is 0 Å². The Kier molecular flexibility index (Phi) is 6.97. The predicted molar refractivity (Wildman–Crippen MR) is 98.0 cm³/mol. The smallest absolute Gasteiger partial charge is 0.187 e. The summed E-state index contributed by atoms with van der Waals surface area (Å²) in [4.78, 5) is 0. The van der Waals surface area contributed by atoms with Crippen LogP contribution < -0.4 is 0 Å². The van der Waals surface area contributed by atoms with Crippen molar-refractivity contribution >= 4 is 0 Å². The molecule has 28 heavy (non-hydrogen) atoms. The molecule has 2 rings (SSSR count). The van der Waals surface area contributed by atoms with Crippen molar-refractivity contribution in [3.8, 4) is 0 Å². The second-order valence-corrected chi connectivity index (χ2v) is 8.88. The number of aliphatic hydroxyl groups excluding tert-OH is 5. The third-order valence-corrected chi connectivity index (χ3v) is 6.04. The van der Waals surface area contributed by atoms with Gasteiger partial charge in [0.1, 0.15) is 30.0 Å². The van der Waals surface area contributed by atoms with E-state index in [9.17, 15) is 35.7 Å². The number of aliphatic hydroxyl groups is 7. The van der Waals surface area contributed by atoms with E-state index in [0.717, 1.165) is 0 Å². The largest absolute Gasteiger partial charge is 0.394 e.